The Labute approximate surface area is 147 Å². The Hall–Kier alpha value is 0.951. The predicted molar refractivity (Wildman–Crippen MR) is 78.4 cm³/mol. The normalized spacial score (nSPS) is 8.56. The molecule has 113 valence electrons. The Bertz CT molecular complexity index is 136. The van der Waals surface area contributed by atoms with Gasteiger partial charge >= 0.3 is 21.7 Å². The van der Waals surface area contributed by atoms with Gasteiger partial charge in [-0.05, 0) is 14.1 Å². The second-order valence-electron chi connectivity index (χ2n) is 2.84. The third kappa shape index (κ3) is 43.6. The van der Waals surface area contributed by atoms with Crippen molar-refractivity contribution >= 4 is 8.96 Å². The fourth-order valence-corrected chi connectivity index (χ4v) is 0.340. The van der Waals surface area contributed by atoms with E-state index in [-0.39, 0.29) is 85.2 Å². The third-order valence-electron chi connectivity index (χ3n) is 1.48. The molecule has 0 aromatic heterocycles. The van der Waals surface area contributed by atoms with E-state index < -0.39 is 0 Å². The molecule has 1 nitrogen and oxygen atoms in total. The molecule has 1 radical (unpaired) electrons. The summed E-state index contributed by atoms with van der Waals surface area (Å²) in [6, 6.07) is 0. The van der Waals surface area contributed by atoms with Gasteiger partial charge in [-0.25, -0.2) is 12.2 Å². The number of hydrogen-bond acceptors (Lipinski definition) is 1. The molecule has 0 bridgehead atoms. The molecule has 1 rings (SSSR count). The summed E-state index contributed by atoms with van der Waals surface area (Å²) in [6.45, 7) is 4.54. The van der Waals surface area contributed by atoms with Crippen LogP contribution in [0, 0.1) is 35.8 Å². The van der Waals surface area contributed by atoms with E-state index in [1.165, 1.54) is 0 Å². The summed E-state index contributed by atoms with van der Waals surface area (Å²) in [5.41, 5.74) is 0. The van der Waals surface area contributed by atoms with Crippen molar-refractivity contribution in [3.05, 3.63) is 54.0 Å². The van der Waals surface area contributed by atoms with E-state index in [4.69, 9.17) is 0 Å². The van der Waals surface area contributed by atoms with Crippen molar-refractivity contribution < 1.29 is 46.5 Å². The SMILES string of the molecule is CN(C)[Si](C)C.[C-]1=CC=CC1.[CH3-].[CH3-].[CH3-].[CH3-].[Cl-].[Cl-].[Ti+2]. The first kappa shape index (κ1) is 50.9. The molecule has 0 atom stereocenters. The number of allylic oxidation sites excluding steroid dienone is 4. The van der Waals surface area contributed by atoms with Crippen LogP contribution in [0.4, 0.5) is 0 Å². The molecule has 0 heterocycles. The van der Waals surface area contributed by atoms with E-state index >= 15 is 0 Å². The maximum absolute atomic E-state index is 2.99. The molecular formula is C13H29Cl2NSiTi-5. The molecule has 0 unspecified atom stereocenters. The van der Waals surface area contributed by atoms with Crippen LogP contribution in [0.15, 0.2) is 18.2 Å². The van der Waals surface area contributed by atoms with Gasteiger partial charge in [0.1, 0.15) is 8.96 Å². The van der Waals surface area contributed by atoms with Crippen molar-refractivity contribution in [3.8, 4) is 0 Å². The minimum atomic E-state index is -0.118. The van der Waals surface area contributed by atoms with Gasteiger partial charge in [-0.1, -0.05) is 13.1 Å². The first-order valence-corrected chi connectivity index (χ1v) is 6.28. The molecule has 0 fully saturated rings. The van der Waals surface area contributed by atoms with Crippen molar-refractivity contribution in [2.75, 3.05) is 14.1 Å². The van der Waals surface area contributed by atoms with Crippen molar-refractivity contribution in [1.82, 2.24) is 4.57 Å². The fraction of sp³-hybridized carbons (Fsp3) is 0.385. The number of nitrogens with zero attached hydrogens (tertiary/aromatic N) is 1. The van der Waals surface area contributed by atoms with Crippen LogP contribution in [0.25, 0.3) is 0 Å². The van der Waals surface area contributed by atoms with Crippen LogP contribution >= 0.6 is 0 Å². The molecular weight excluding hydrogens is 317 g/mol. The minimum Gasteiger partial charge on any atom is -1.00 e. The summed E-state index contributed by atoms with van der Waals surface area (Å²) in [7, 11) is 4.12. The summed E-state index contributed by atoms with van der Waals surface area (Å²) in [4.78, 5) is 0. The van der Waals surface area contributed by atoms with Gasteiger partial charge in [0.05, 0.1) is 0 Å². The second kappa shape index (κ2) is 36.1. The van der Waals surface area contributed by atoms with Crippen molar-refractivity contribution in [2.24, 2.45) is 0 Å². The van der Waals surface area contributed by atoms with Gasteiger partial charge in [0.15, 0.2) is 0 Å². The Kier molecular flexibility index (Phi) is 102. The molecule has 0 aromatic rings. The number of hydrogen-bond donors (Lipinski definition) is 0. The zero-order valence-electron chi connectivity index (χ0n) is 13.1. The van der Waals surface area contributed by atoms with Gasteiger partial charge in [-0.3, -0.25) is 6.08 Å². The monoisotopic (exact) mass is 345 g/mol. The first-order valence-electron chi connectivity index (χ1n) is 3.84. The van der Waals surface area contributed by atoms with Gasteiger partial charge in [-0.2, -0.15) is 6.08 Å². The Morgan fingerprint density at radius 1 is 1.00 bits per heavy atom. The van der Waals surface area contributed by atoms with Crippen LogP contribution in [0.5, 0.6) is 0 Å². The second-order valence-corrected chi connectivity index (χ2v) is 5.63. The van der Waals surface area contributed by atoms with Crippen LogP contribution in [0.1, 0.15) is 6.42 Å². The summed E-state index contributed by atoms with van der Waals surface area (Å²) in [5.74, 6) is 0. The maximum atomic E-state index is 2.99. The smallest absolute Gasteiger partial charge is 1.00 e. The summed E-state index contributed by atoms with van der Waals surface area (Å²) in [6.07, 6.45) is 10.0. The van der Waals surface area contributed by atoms with Gasteiger partial charge in [-0.15, -0.1) is 6.42 Å². The molecule has 0 N–H and O–H groups in total. The Morgan fingerprint density at radius 2 is 1.33 bits per heavy atom. The summed E-state index contributed by atoms with van der Waals surface area (Å²) < 4.78 is 2.27. The molecule has 0 spiro atoms. The molecule has 18 heavy (non-hydrogen) atoms. The van der Waals surface area contributed by atoms with Crippen LogP contribution in [-0.2, 0) is 21.7 Å². The zero-order valence-corrected chi connectivity index (χ0v) is 17.2. The van der Waals surface area contributed by atoms with Gasteiger partial charge in [0.2, 0.25) is 0 Å². The minimum absolute atomic E-state index is 0. The molecule has 0 amide bonds. The average molecular weight is 346 g/mol. The fourth-order valence-electron chi connectivity index (χ4n) is 0.340. The van der Waals surface area contributed by atoms with Crippen molar-refractivity contribution in [1.29, 1.82) is 0 Å². The van der Waals surface area contributed by atoms with E-state index in [2.05, 4.69) is 43.9 Å². The largest absolute Gasteiger partial charge is 2.00 e. The standard InChI is InChI=1S/C5H5.C4H12NSi.4CH3.2ClH.Ti/c1-2-4-5-3-1;1-5(2)6(3)4;;;;;;;/h1-3H,4H2;1-4H3;4*1H3;2*1H;/q-1;;4*-1;;;+2/p-2. The molecule has 0 aliphatic heterocycles. The molecule has 0 saturated carbocycles. The predicted octanol–water partition coefficient (Wildman–Crippen LogP) is -2.09. The molecule has 1 aliphatic carbocycles. The number of rotatable bonds is 1. The van der Waals surface area contributed by atoms with Gasteiger partial charge in [0.25, 0.3) is 0 Å². The van der Waals surface area contributed by atoms with Crippen LogP contribution < -0.4 is 24.8 Å². The quantitative estimate of drug-likeness (QED) is 0.389. The molecule has 0 aromatic carbocycles. The topological polar surface area (TPSA) is 3.24 Å². The Balaban J connectivity index is -0.0000000134. The van der Waals surface area contributed by atoms with Crippen LogP contribution in [0.2, 0.25) is 13.1 Å². The zero-order chi connectivity index (χ0) is 8.69. The van der Waals surface area contributed by atoms with Crippen molar-refractivity contribution in [2.45, 2.75) is 19.5 Å². The van der Waals surface area contributed by atoms with E-state index in [0.29, 0.717) is 0 Å². The van der Waals surface area contributed by atoms with Gasteiger partial charge < -0.3 is 59.1 Å². The van der Waals surface area contributed by atoms with Crippen LogP contribution in [-0.4, -0.2) is 27.6 Å². The maximum Gasteiger partial charge on any atom is 2.00 e. The summed E-state index contributed by atoms with van der Waals surface area (Å²) >= 11 is 0. The molecule has 1 aliphatic rings. The van der Waals surface area contributed by atoms with E-state index in [9.17, 15) is 0 Å². The molecule has 5 heteroatoms. The average Bonchev–Trinajstić information content (AvgIpc) is 2.41. The van der Waals surface area contributed by atoms with Crippen molar-refractivity contribution in [3.63, 3.8) is 0 Å². The Morgan fingerprint density at radius 3 is 1.39 bits per heavy atom. The van der Waals surface area contributed by atoms with E-state index in [1.54, 1.807) is 0 Å². The molecule has 0 saturated heterocycles. The van der Waals surface area contributed by atoms with Crippen LogP contribution in [0.3, 0.4) is 0 Å². The van der Waals surface area contributed by atoms with E-state index in [0.717, 1.165) is 6.42 Å². The third-order valence-corrected chi connectivity index (χ3v) is 3.27. The summed E-state index contributed by atoms with van der Waals surface area (Å²) in [5, 5.41) is 0. The number of halogens is 2. The first-order chi connectivity index (χ1) is 5.14. The van der Waals surface area contributed by atoms with Gasteiger partial charge in [0, 0.05) is 0 Å². The van der Waals surface area contributed by atoms with E-state index in [1.807, 2.05) is 12.2 Å².